The molecule has 2 rings (SSSR count). The van der Waals surface area contributed by atoms with Crippen LogP contribution in [-0.4, -0.2) is 23.7 Å². The average molecular weight is 334 g/mol. The van der Waals surface area contributed by atoms with Crippen LogP contribution in [0.3, 0.4) is 0 Å². The number of hydrazone groups is 1. The Morgan fingerprint density at radius 3 is 2.74 bits per heavy atom. The van der Waals surface area contributed by atoms with Gasteiger partial charge in [0.25, 0.3) is 11.6 Å². The molecule has 0 fully saturated rings. The molecule has 0 unspecified atom stereocenters. The summed E-state index contributed by atoms with van der Waals surface area (Å²) < 4.78 is 5.24. The number of carbonyl (C=O) groups is 1. The van der Waals surface area contributed by atoms with Gasteiger partial charge in [0.1, 0.15) is 5.75 Å². The van der Waals surface area contributed by atoms with Crippen molar-refractivity contribution >= 4 is 29.4 Å². The number of halogens is 1. The molecule has 2 aromatic carbocycles. The molecule has 0 bridgehead atoms. The van der Waals surface area contributed by atoms with Crippen molar-refractivity contribution in [2.75, 3.05) is 6.61 Å². The van der Waals surface area contributed by atoms with Crippen molar-refractivity contribution < 1.29 is 14.5 Å². The Morgan fingerprint density at radius 2 is 2.04 bits per heavy atom. The SMILES string of the molecule is O=C(COc1ccccc1)N/N=C\c1cc([N+](=O)[O-])ccc1Cl. The van der Waals surface area contributed by atoms with Crippen LogP contribution >= 0.6 is 11.6 Å². The van der Waals surface area contributed by atoms with Crippen molar-refractivity contribution in [1.82, 2.24) is 5.43 Å². The van der Waals surface area contributed by atoms with Crippen LogP contribution in [0.4, 0.5) is 5.69 Å². The topological polar surface area (TPSA) is 93.8 Å². The lowest BCUT2D eigenvalue weighted by molar-refractivity contribution is -0.384. The smallest absolute Gasteiger partial charge is 0.277 e. The first-order valence-corrected chi connectivity index (χ1v) is 6.88. The van der Waals surface area contributed by atoms with Crippen LogP contribution in [0.5, 0.6) is 5.75 Å². The number of nitrogens with one attached hydrogen (secondary N) is 1. The van der Waals surface area contributed by atoms with Gasteiger partial charge in [-0.05, 0) is 18.2 Å². The molecule has 0 aliphatic heterocycles. The summed E-state index contributed by atoms with van der Waals surface area (Å²) in [4.78, 5) is 21.7. The van der Waals surface area contributed by atoms with Crippen molar-refractivity contribution in [2.45, 2.75) is 0 Å². The summed E-state index contributed by atoms with van der Waals surface area (Å²) in [5.74, 6) is 0.0972. The highest BCUT2D eigenvalue weighted by Gasteiger charge is 2.08. The summed E-state index contributed by atoms with van der Waals surface area (Å²) in [6, 6.07) is 12.8. The van der Waals surface area contributed by atoms with Gasteiger partial charge in [-0.1, -0.05) is 29.8 Å². The highest BCUT2D eigenvalue weighted by molar-refractivity contribution is 6.33. The third-order valence-corrected chi connectivity index (χ3v) is 3.04. The minimum absolute atomic E-state index is 0.116. The molecule has 0 spiro atoms. The summed E-state index contributed by atoms with van der Waals surface area (Å²) in [7, 11) is 0. The van der Waals surface area contributed by atoms with Crippen molar-refractivity contribution in [3.05, 3.63) is 69.2 Å². The van der Waals surface area contributed by atoms with Crippen LogP contribution in [0.1, 0.15) is 5.56 Å². The van der Waals surface area contributed by atoms with Crippen LogP contribution in [-0.2, 0) is 4.79 Å². The summed E-state index contributed by atoms with van der Waals surface area (Å²) in [5, 5.41) is 14.7. The van der Waals surface area contributed by atoms with Crippen LogP contribution in [0, 0.1) is 10.1 Å². The second-order valence-corrected chi connectivity index (χ2v) is 4.77. The van der Waals surface area contributed by atoms with Gasteiger partial charge in [0.2, 0.25) is 0 Å². The predicted molar refractivity (Wildman–Crippen MR) is 85.8 cm³/mol. The van der Waals surface area contributed by atoms with Gasteiger partial charge in [0.15, 0.2) is 6.61 Å². The van der Waals surface area contributed by atoms with Gasteiger partial charge in [-0.2, -0.15) is 5.10 Å². The normalized spacial score (nSPS) is 10.5. The number of ether oxygens (including phenoxy) is 1. The van der Waals surface area contributed by atoms with Gasteiger partial charge < -0.3 is 4.74 Å². The van der Waals surface area contributed by atoms with Gasteiger partial charge in [-0.15, -0.1) is 0 Å². The number of nitro benzene ring substituents is 1. The molecular weight excluding hydrogens is 322 g/mol. The Bertz CT molecular complexity index is 735. The molecule has 0 saturated heterocycles. The average Bonchev–Trinajstić information content (AvgIpc) is 2.55. The standard InChI is InChI=1S/C15H12ClN3O4/c16-14-7-6-12(19(21)22)8-11(14)9-17-18-15(20)10-23-13-4-2-1-3-5-13/h1-9H,10H2,(H,18,20)/b17-9-. The van der Waals surface area contributed by atoms with Gasteiger partial charge in [-0.25, -0.2) is 5.43 Å². The Labute approximate surface area is 136 Å². The molecule has 7 nitrogen and oxygen atoms in total. The zero-order chi connectivity index (χ0) is 16.7. The van der Waals surface area contributed by atoms with Crippen molar-refractivity contribution in [1.29, 1.82) is 0 Å². The molecule has 23 heavy (non-hydrogen) atoms. The monoisotopic (exact) mass is 333 g/mol. The van der Waals surface area contributed by atoms with E-state index in [0.717, 1.165) is 0 Å². The maximum Gasteiger partial charge on any atom is 0.277 e. The number of hydrogen-bond acceptors (Lipinski definition) is 5. The van der Waals surface area contributed by atoms with Gasteiger partial charge in [0.05, 0.1) is 11.1 Å². The number of para-hydroxylation sites is 1. The van der Waals surface area contributed by atoms with E-state index in [-0.39, 0.29) is 17.3 Å². The molecule has 0 aromatic heterocycles. The van der Waals surface area contributed by atoms with Crippen LogP contribution in [0.2, 0.25) is 5.02 Å². The van der Waals surface area contributed by atoms with E-state index in [9.17, 15) is 14.9 Å². The maximum absolute atomic E-state index is 11.6. The highest BCUT2D eigenvalue weighted by atomic mass is 35.5. The molecule has 2 aromatic rings. The van der Waals surface area contributed by atoms with Crippen molar-refractivity contribution in [3.63, 3.8) is 0 Å². The zero-order valence-corrected chi connectivity index (χ0v) is 12.6. The number of nitro groups is 1. The van der Waals surface area contributed by atoms with E-state index >= 15 is 0 Å². The summed E-state index contributed by atoms with van der Waals surface area (Å²) in [5.41, 5.74) is 2.46. The summed E-state index contributed by atoms with van der Waals surface area (Å²) in [6.45, 7) is -0.204. The molecular formula is C15H12ClN3O4. The summed E-state index contributed by atoms with van der Waals surface area (Å²) >= 11 is 5.91. The quantitative estimate of drug-likeness (QED) is 0.499. The number of carbonyl (C=O) groups excluding carboxylic acids is 1. The fourth-order valence-corrected chi connectivity index (χ4v) is 1.78. The van der Waals surface area contributed by atoms with Crippen LogP contribution < -0.4 is 10.2 Å². The molecule has 0 atom stereocenters. The van der Waals surface area contributed by atoms with Crippen LogP contribution in [0.25, 0.3) is 0 Å². The van der Waals surface area contributed by atoms with Gasteiger partial charge in [0, 0.05) is 22.7 Å². The van der Waals surface area contributed by atoms with E-state index in [0.29, 0.717) is 11.3 Å². The number of rotatable bonds is 6. The van der Waals surface area contributed by atoms with E-state index in [2.05, 4.69) is 10.5 Å². The number of hydrogen-bond donors (Lipinski definition) is 1. The fraction of sp³-hybridized carbons (Fsp3) is 0.0667. The molecule has 0 radical (unpaired) electrons. The summed E-state index contributed by atoms with van der Waals surface area (Å²) in [6.07, 6.45) is 1.23. The lowest BCUT2D eigenvalue weighted by Crippen LogP contribution is -2.24. The third kappa shape index (κ3) is 5.08. The van der Waals surface area contributed by atoms with E-state index in [1.807, 2.05) is 6.07 Å². The minimum atomic E-state index is -0.542. The lowest BCUT2D eigenvalue weighted by Gasteiger charge is -2.04. The Kier molecular flexibility index (Phi) is 5.65. The van der Waals surface area contributed by atoms with E-state index in [1.54, 1.807) is 24.3 Å². The van der Waals surface area contributed by atoms with E-state index in [1.165, 1.54) is 24.4 Å². The first-order chi connectivity index (χ1) is 11.1. The van der Waals surface area contributed by atoms with Crippen molar-refractivity contribution in [3.8, 4) is 5.75 Å². The number of amides is 1. The minimum Gasteiger partial charge on any atom is -0.484 e. The number of benzene rings is 2. The maximum atomic E-state index is 11.6. The molecule has 118 valence electrons. The molecule has 0 aliphatic rings. The second kappa shape index (κ2) is 7.90. The largest absolute Gasteiger partial charge is 0.484 e. The number of nitrogens with zero attached hydrogens (tertiary/aromatic N) is 2. The lowest BCUT2D eigenvalue weighted by atomic mass is 10.2. The highest BCUT2D eigenvalue weighted by Crippen LogP contribution is 2.20. The predicted octanol–water partition coefficient (Wildman–Crippen LogP) is 2.78. The van der Waals surface area contributed by atoms with Gasteiger partial charge in [-0.3, -0.25) is 14.9 Å². The molecule has 8 heteroatoms. The molecule has 0 aliphatic carbocycles. The van der Waals surface area contributed by atoms with Crippen LogP contribution in [0.15, 0.2) is 53.6 Å². The molecule has 0 heterocycles. The fourth-order valence-electron chi connectivity index (χ4n) is 1.62. The first-order valence-electron chi connectivity index (χ1n) is 6.50. The Morgan fingerprint density at radius 1 is 1.30 bits per heavy atom. The van der Waals surface area contributed by atoms with E-state index < -0.39 is 10.8 Å². The molecule has 1 amide bonds. The zero-order valence-electron chi connectivity index (χ0n) is 11.8. The van der Waals surface area contributed by atoms with Gasteiger partial charge >= 0.3 is 0 Å². The first kappa shape index (κ1) is 16.4. The molecule has 1 N–H and O–H groups in total. The Balaban J connectivity index is 1.90. The second-order valence-electron chi connectivity index (χ2n) is 4.36. The molecule has 0 saturated carbocycles. The van der Waals surface area contributed by atoms with E-state index in [4.69, 9.17) is 16.3 Å². The number of non-ortho nitro benzene ring substituents is 1. The van der Waals surface area contributed by atoms with Crippen molar-refractivity contribution in [2.24, 2.45) is 5.10 Å². The third-order valence-electron chi connectivity index (χ3n) is 2.70. The Hall–Kier alpha value is -2.93.